The van der Waals surface area contributed by atoms with Gasteiger partial charge in [0.05, 0.1) is 29.6 Å². The van der Waals surface area contributed by atoms with E-state index in [1.54, 1.807) is 17.0 Å². The molecule has 124 valence electrons. The van der Waals surface area contributed by atoms with Gasteiger partial charge >= 0.3 is 0 Å². The highest BCUT2D eigenvalue weighted by molar-refractivity contribution is 6.00. The lowest BCUT2D eigenvalue weighted by molar-refractivity contribution is 0.0936. The van der Waals surface area contributed by atoms with Gasteiger partial charge in [-0.1, -0.05) is 0 Å². The molecule has 1 amide bonds. The highest BCUT2D eigenvalue weighted by Crippen LogP contribution is 2.26. The molecule has 4 heterocycles. The van der Waals surface area contributed by atoms with E-state index in [1.807, 2.05) is 42.2 Å². The van der Waals surface area contributed by atoms with Crippen molar-refractivity contribution >= 4 is 11.4 Å². The van der Waals surface area contributed by atoms with Crippen LogP contribution in [-0.2, 0) is 7.05 Å². The van der Waals surface area contributed by atoms with Crippen molar-refractivity contribution in [2.45, 2.75) is 12.0 Å². The Kier molecular flexibility index (Phi) is 3.57. The number of aromatic nitrogens is 4. The molecule has 0 saturated carbocycles. The van der Waals surface area contributed by atoms with Crippen LogP contribution in [0.25, 0.3) is 5.52 Å². The van der Waals surface area contributed by atoms with Gasteiger partial charge in [-0.05, 0) is 25.2 Å². The lowest BCUT2D eigenvalue weighted by Crippen LogP contribution is -2.40. The predicted octanol–water partition coefficient (Wildman–Crippen LogP) is 0.895. The number of aryl methyl sites for hydroxylation is 1. The summed E-state index contributed by atoms with van der Waals surface area (Å²) in [5.74, 6) is 0.171. The molecule has 0 unspecified atom stereocenters. The summed E-state index contributed by atoms with van der Waals surface area (Å²) in [5.41, 5.74) is 2.61. The van der Waals surface area contributed by atoms with Gasteiger partial charge in [-0.2, -0.15) is 5.10 Å². The zero-order chi connectivity index (χ0) is 16.7. The maximum Gasteiger partial charge on any atom is 0.253 e. The number of carbonyl (C=O) groups is 1. The average Bonchev–Trinajstić information content (AvgIpc) is 3.26. The molecule has 2 atom stereocenters. The van der Waals surface area contributed by atoms with Crippen LogP contribution in [0, 0.1) is 0 Å². The third-order valence-corrected chi connectivity index (χ3v) is 4.73. The van der Waals surface area contributed by atoms with Gasteiger partial charge in [0.1, 0.15) is 0 Å². The molecule has 1 saturated heterocycles. The van der Waals surface area contributed by atoms with Crippen LogP contribution >= 0.6 is 0 Å². The Morgan fingerprint density at radius 2 is 2.17 bits per heavy atom. The number of likely N-dealkylation sites (N-methyl/N-ethyl adjacent to an activating group) is 1. The number of hydrogen-bond donors (Lipinski definition) is 1. The fourth-order valence-corrected chi connectivity index (χ4v) is 3.56. The van der Waals surface area contributed by atoms with Crippen LogP contribution in [0.1, 0.15) is 22.0 Å². The highest BCUT2D eigenvalue weighted by Gasteiger charge is 2.35. The zero-order valence-corrected chi connectivity index (χ0v) is 13.8. The molecule has 7 heteroatoms. The van der Waals surface area contributed by atoms with E-state index in [-0.39, 0.29) is 17.9 Å². The minimum absolute atomic E-state index is 0.0566. The van der Waals surface area contributed by atoms with Gasteiger partial charge in [-0.3, -0.25) is 4.79 Å². The van der Waals surface area contributed by atoms with Crippen molar-refractivity contribution in [3.05, 3.63) is 54.4 Å². The highest BCUT2D eigenvalue weighted by atomic mass is 16.1. The van der Waals surface area contributed by atoms with Gasteiger partial charge in [-0.15, -0.1) is 0 Å². The van der Waals surface area contributed by atoms with Crippen LogP contribution in [0.5, 0.6) is 0 Å². The van der Waals surface area contributed by atoms with E-state index in [0.29, 0.717) is 5.56 Å². The molecule has 3 aromatic rings. The average molecular weight is 324 g/mol. The first kappa shape index (κ1) is 14.9. The summed E-state index contributed by atoms with van der Waals surface area (Å²) in [5, 5.41) is 7.40. The smallest absolute Gasteiger partial charge is 0.253 e. The first-order valence-electron chi connectivity index (χ1n) is 8.01. The standard InChI is InChI=1S/C17H20N6O/c1-21-9-13(16-8-18-11-22(16)2)14(10-21)20-17(24)12-4-3-7-23-15(12)5-6-19-23/h3-8,11,13-14H,9-10H2,1-2H3,(H,20,24)/t13-,14-/m1/s1. The molecule has 0 bridgehead atoms. The molecule has 0 spiro atoms. The third kappa shape index (κ3) is 2.46. The van der Waals surface area contributed by atoms with Crippen molar-refractivity contribution in [3.63, 3.8) is 0 Å². The van der Waals surface area contributed by atoms with Crippen LogP contribution in [0.4, 0.5) is 0 Å². The fraction of sp³-hybridized carbons (Fsp3) is 0.353. The van der Waals surface area contributed by atoms with E-state index >= 15 is 0 Å². The molecule has 1 fully saturated rings. The number of amides is 1. The Labute approximate surface area is 139 Å². The van der Waals surface area contributed by atoms with Gasteiger partial charge in [0, 0.05) is 44.1 Å². The second kappa shape index (κ2) is 5.76. The number of rotatable bonds is 3. The monoisotopic (exact) mass is 324 g/mol. The maximum atomic E-state index is 12.8. The third-order valence-electron chi connectivity index (χ3n) is 4.73. The zero-order valence-electron chi connectivity index (χ0n) is 13.8. The first-order valence-corrected chi connectivity index (χ1v) is 8.01. The van der Waals surface area contributed by atoms with Crippen molar-refractivity contribution in [3.8, 4) is 0 Å². The summed E-state index contributed by atoms with van der Waals surface area (Å²) in [6, 6.07) is 5.59. The molecule has 0 aliphatic carbocycles. The number of likely N-dealkylation sites (tertiary alicyclic amines) is 1. The molecule has 4 rings (SSSR count). The minimum Gasteiger partial charge on any atom is -0.347 e. The summed E-state index contributed by atoms with van der Waals surface area (Å²) in [7, 11) is 4.07. The molecule has 0 aromatic carbocycles. The number of nitrogens with one attached hydrogen (secondary N) is 1. The van der Waals surface area contributed by atoms with Crippen LogP contribution < -0.4 is 5.32 Å². The van der Waals surface area contributed by atoms with Crippen molar-refractivity contribution in [2.24, 2.45) is 7.05 Å². The second-order valence-corrected chi connectivity index (χ2v) is 6.42. The SMILES string of the molecule is CN1C[C@@H](NC(=O)c2cccn3nccc23)[C@H](c2cncn2C)C1. The molecular weight excluding hydrogens is 304 g/mol. The largest absolute Gasteiger partial charge is 0.347 e. The number of imidazole rings is 1. The predicted molar refractivity (Wildman–Crippen MR) is 89.9 cm³/mol. The number of nitrogens with zero attached hydrogens (tertiary/aromatic N) is 5. The Morgan fingerprint density at radius 1 is 1.29 bits per heavy atom. The molecule has 0 radical (unpaired) electrons. The van der Waals surface area contributed by atoms with Gasteiger partial charge in [0.15, 0.2) is 0 Å². The molecule has 1 N–H and O–H groups in total. The second-order valence-electron chi connectivity index (χ2n) is 6.42. The summed E-state index contributed by atoms with van der Waals surface area (Å²) in [6.45, 7) is 1.73. The Hall–Kier alpha value is -2.67. The lowest BCUT2D eigenvalue weighted by atomic mass is 9.99. The van der Waals surface area contributed by atoms with Crippen molar-refractivity contribution in [1.82, 2.24) is 29.4 Å². The van der Waals surface area contributed by atoms with Crippen LogP contribution in [0.15, 0.2) is 43.1 Å². The number of carbonyl (C=O) groups excluding carboxylic acids is 1. The summed E-state index contributed by atoms with van der Waals surface area (Å²) in [6.07, 6.45) is 7.24. The number of pyridine rings is 1. The Bertz CT molecular complexity index is 882. The molecule has 7 nitrogen and oxygen atoms in total. The Balaban J connectivity index is 1.60. The van der Waals surface area contributed by atoms with Crippen LogP contribution in [0.2, 0.25) is 0 Å². The van der Waals surface area contributed by atoms with Crippen molar-refractivity contribution < 1.29 is 4.79 Å². The number of fused-ring (bicyclic) bond motifs is 1. The first-order chi connectivity index (χ1) is 11.6. The molecule has 1 aliphatic heterocycles. The van der Waals surface area contributed by atoms with E-state index in [1.165, 1.54) is 0 Å². The maximum absolute atomic E-state index is 12.8. The Morgan fingerprint density at radius 3 is 2.96 bits per heavy atom. The van der Waals surface area contributed by atoms with Crippen molar-refractivity contribution in [2.75, 3.05) is 20.1 Å². The van der Waals surface area contributed by atoms with Gasteiger partial charge < -0.3 is 14.8 Å². The van der Waals surface area contributed by atoms with Crippen LogP contribution in [0.3, 0.4) is 0 Å². The van der Waals surface area contributed by atoms with Gasteiger partial charge in [-0.25, -0.2) is 9.50 Å². The minimum atomic E-state index is -0.0615. The normalized spacial score (nSPS) is 21.4. The summed E-state index contributed by atoms with van der Waals surface area (Å²) >= 11 is 0. The van der Waals surface area contributed by atoms with Gasteiger partial charge in [0.2, 0.25) is 0 Å². The topological polar surface area (TPSA) is 67.5 Å². The lowest BCUT2D eigenvalue weighted by Gasteiger charge is -2.20. The van der Waals surface area contributed by atoms with E-state index in [9.17, 15) is 4.79 Å². The van der Waals surface area contributed by atoms with E-state index in [0.717, 1.165) is 24.3 Å². The van der Waals surface area contributed by atoms with E-state index < -0.39 is 0 Å². The molecule has 24 heavy (non-hydrogen) atoms. The van der Waals surface area contributed by atoms with Crippen molar-refractivity contribution in [1.29, 1.82) is 0 Å². The fourth-order valence-electron chi connectivity index (χ4n) is 3.56. The van der Waals surface area contributed by atoms with E-state index in [4.69, 9.17) is 0 Å². The summed E-state index contributed by atoms with van der Waals surface area (Å²) in [4.78, 5) is 19.3. The molecule has 1 aliphatic rings. The summed E-state index contributed by atoms with van der Waals surface area (Å²) < 4.78 is 3.74. The molecule has 3 aromatic heterocycles. The quantitative estimate of drug-likeness (QED) is 0.777. The number of hydrogen-bond acceptors (Lipinski definition) is 4. The van der Waals surface area contributed by atoms with Gasteiger partial charge in [0.25, 0.3) is 5.91 Å². The molecular formula is C17H20N6O. The van der Waals surface area contributed by atoms with E-state index in [2.05, 4.69) is 27.3 Å². The van der Waals surface area contributed by atoms with Crippen LogP contribution in [-0.4, -0.2) is 56.2 Å².